The van der Waals surface area contributed by atoms with E-state index in [1.165, 1.54) is 4.88 Å². The van der Waals surface area contributed by atoms with Gasteiger partial charge in [-0.3, -0.25) is 5.43 Å². The van der Waals surface area contributed by atoms with Crippen LogP contribution < -0.4 is 11.3 Å². The lowest BCUT2D eigenvalue weighted by Gasteiger charge is -2.29. The Morgan fingerprint density at radius 3 is 2.55 bits per heavy atom. The third kappa shape index (κ3) is 3.82. The van der Waals surface area contributed by atoms with E-state index in [4.69, 9.17) is 5.84 Å². The molecule has 0 saturated heterocycles. The van der Waals surface area contributed by atoms with Crippen molar-refractivity contribution in [1.29, 1.82) is 0 Å². The molecular formula is C15H20N4S. The number of guanidine groups is 1. The molecule has 2 aromatic rings. The number of aliphatic imine (C=N–C) groups is 1. The predicted octanol–water partition coefficient (Wildman–Crippen LogP) is 3.11. The van der Waals surface area contributed by atoms with Crippen LogP contribution in [0.5, 0.6) is 0 Å². The van der Waals surface area contributed by atoms with Gasteiger partial charge in [-0.2, -0.15) is 0 Å². The molecule has 0 radical (unpaired) electrons. The molecule has 0 aliphatic heterocycles. The molecule has 0 fully saturated rings. The van der Waals surface area contributed by atoms with Crippen molar-refractivity contribution in [2.24, 2.45) is 10.8 Å². The first-order valence-corrected chi connectivity index (χ1v) is 7.48. The summed E-state index contributed by atoms with van der Waals surface area (Å²) in [7, 11) is 0. The van der Waals surface area contributed by atoms with Crippen molar-refractivity contribution in [3.63, 3.8) is 0 Å². The number of nitrogens with one attached hydrogen (secondary N) is 1. The molecule has 4 nitrogen and oxygen atoms in total. The highest BCUT2D eigenvalue weighted by Gasteiger charge is 2.15. The normalized spacial score (nSPS) is 11.7. The highest BCUT2D eigenvalue weighted by Crippen LogP contribution is 2.16. The average molecular weight is 288 g/mol. The minimum absolute atomic E-state index is 0.301. The van der Waals surface area contributed by atoms with Gasteiger partial charge >= 0.3 is 0 Å². The zero-order chi connectivity index (χ0) is 14.4. The van der Waals surface area contributed by atoms with E-state index in [2.05, 4.69) is 46.7 Å². The third-order valence-electron chi connectivity index (χ3n) is 2.92. The summed E-state index contributed by atoms with van der Waals surface area (Å²) >= 11 is 1.74. The summed E-state index contributed by atoms with van der Waals surface area (Å²) in [6.45, 7) is 5.06. The zero-order valence-corrected chi connectivity index (χ0v) is 12.6. The number of benzene rings is 1. The number of hydrogen-bond acceptors (Lipinski definition) is 3. The van der Waals surface area contributed by atoms with Crippen molar-refractivity contribution in [2.45, 2.75) is 26.4 Å². The topological polar surface area (TPSA) is 53.6 Å². The first-order chi connectivity index (χ1) is 9.70. The molecule has 106 valence electrons. The summed E-state index contributed by atoms with van der Waals surface area (Å²) in [5.41, 5.74) is 3.61. The molecule has 0 bridgehead atoms. The van der Waals surface area contributed by atoms with E-state index in [1.807, 2.05) is 30.3 Å². The molecule has 1 aromatic heterocycles. The lowest BCUT2D eigenvalue weighted by molar-refractivity contribution is 0.334. The number of nitrogens with zero attached hydrogens (tertiary/aromatic N) is 2. The summed E-state index contributed by atoms with van der Waals surface area (Å²) in [6, 6.07) is 14.3. The van der Waals surface area contributed by atoms with Crippen LogP contribution in [-0.2, 0) is 6.54 Å². The molecule has 1 heterocycles. The zero-order valence-electron chi connectivity index (χ0n) is 11.8. The monoisotopic (exact) mass is 288 g/mol. The molecule has 20 heavy (non-hydrogen) atoms. The van der Waals surface area contributed by atoms with Gasteiger partial charge in [0.1, 0.15) is 0 Å². The predicted molar refractivity (Wildman–Crippen MR) is 85.9 cm³/mol. The SMILES string of the molecule is CC(C)N(Cc1cccs1)C(=Nc1ccccc1)NN. The molecule has 5 heteroatoms. The first-order valence-electron chi connectivity index (χ1n) is 6.60. The third-order valence-corrected chi connectivity index (χ3v) is 3.78. The number of thiophene rings is 1. The Kier molecular flexibility index (Phi) is 5.15. The van der Waals surface area contributed by atoms with E-state index in [9.17, 15) is 0 Å². The Morgan fingerprint density at radius 2 is 2.00 bits per heavy atom. The van der Waals surface area contributed by atoms with Gasteiger partial charge in [0, 0.05) is 10.9 Å². The van der Waals surface area contributed by atoms with Crippen LogP contribution in [0, 0.1) is 0 Å². The van der Waals surface area contributed by atoms with Gasteiger partial charge in [0.2, 0.25) is 5.96 Å². The molecular weight excluding hydrogens is 268 g/mol. The fourth-order valence-corrected chi connectivity index (χ4v) is 2.58. The quantitative estimate of drug-likeness (QED) is 0.393. The van der Waals surface area contributed by atoms with Crippen LogP contribution in [0.3, 0.4) is 0 Å². The maximum Gasteiger partial charge on any atom is 0.214 e. The van der Waals surface area contributed by atoms with Crippen LogP contribution in [-0.4, -0.2) is 16.9 Å². The van der Waals surface area contributed by atoms with Crippen molar-refractivity contribution in [3.8, 4) is 0 Å². The van der Waals surface area contributed by atoms with Gasteiger partial charge in [-0.25, -0.2) is 10.8 Å². The van der Waals surface area contributed by atoms with Crippen molar-refractivity contribution >= 4 is 23.0 Å². The van der Waals surface area contributed by atoms with E-state index in [-0.39, 0.29) is 0 Å². The van der Waals surface area contributed by atoms with E-state index < -0.39 is 0 Å². The Hall–Kier alpha value is -1.85. The Morgan fingerprint density at radius 1 is 1.25 bits per heavy atom. The summed E-state index contributed by atoms with van der Waals surface area (Å²) < 4.78 is 0. The molecule has 0 aliphatic rings. The fraction of sp³-hybridized carbons (Fsp3) is 0.267. The van der Waals surface area contributed by atoms with Crippen LogP contribution in [0.15, 0.2) is 52.8 Å². The molecule has 0 atom stereocenters. The molecule has 0 aliphatic carbocycles. The van der Waals surface area contributed by atoms with Gasteiger partial charge in [-0.15, -0.1) is 11.3 Å². The van der Waals surface area contributed by atoms with Gasteiger partial charge < -0.3 is 4.90 Å². The lowest BCUT2D eigenvalue weighted by atomic mass is 10.3. The average Bonchev–Trinajstić information content (AvgIpc) is 2.96. The Balaban J connectivity index is 2.23. The van der Waals surface area contributed by atoms with Gasteiger partial charge in [0.25, 0.3) is 0 Å². The summed E-state index contributed by atoms with van der Waals surface area (Å²) in [4.78, 5) is 8.03. The maximum atomic E-state index is 5.67. The second-order valence-corrected chi connectivity index (χ2v) is 5.75. The molecule has 0 saturated carbocycles. The van der Waals surface area contributed by atoms with E-state index in [1.54, 1.807) is 11.3 Å². The van der Waals surface area contributed by atoms with Crippen molar-refractivity contribution in [1.82, 2.24) is 10.3 Å². The van der Waals surface area contributed by atoms with Crippen molar-refractivity contribution in [3.05, 3.63) is 52.7 Å². The molecule has 0 spiro atoms. The Labute approximate surface area is 123 Å². The van der Waals surface area contributed by atoms with Crippen LogP contribution in [0.25, 0.3) is 0 Å². The number of rotatable bonds is 4. The molecule has 0 unspecified atom stereocenters. The number of hydrazine groups is 1. The number of para-hydroxylation sites is 1. The first kappa shape index (κ1) is 14.6. The van der Waals surface area contributed by atoms with Gasteiger partial charge in [-0.1, -0.05) is 24.3 Å². The van der Waals surface area contributed by atoms with E-state index >= 15 is 0 Å². The minimum atomic E-state index is 0.301. The smallest absolute Gasteiger partial charge is 0.214 e. The minimum Gasteiger partial charge on any atom is -0.334 e. The molecule has 3 N–H and O–H groups in total. The second-order valence-electron chi connectivity index (χ2n) is 4.72. The van der Waals surface area contributed by atoms with Crippen LogP contribution in [0.2, 0.25) is 0 Å². The summed E-state index contributed by atoms with van der Waals surface area (Å²) in [5.74, 6) is 6.35. The standard InChI is InChI=1S/C15H20N4S/c1-12(2)19(11-14-9-6-10-20-14)15(18-16)17-13-7-4-3-5-8-13/h3-10,12H,11,16H2,1-2H3,(H,17,18). The van der Waals surface area contributed by atoms with Gasteiger partial charge in [-0.05, 0) is 37.4 Å². The van der Waals surface area contributed by atoms with Crippen LogP contribution in [0.1, 0.15) is 18.7 Å². The highest BCUT2D eigenvalue weighted by atomic mass is 32.1. The largest absolute Gasteiger partial charge is 0.334 e. The van der Waals surface area contributed by atoms with Crippen molar-refractivity contribution < 1.29 is 0 Å². The van der Waals surface area contributed by atoms with E-state index in [0.717, 1.165) is 12.2 Å². The van der Waals surface area contributed by atoms with Crippen molar-refractivity contribution in [2.75, 3.05) is 0 Å². The summed E-state index contributed by atoms with van der Waals surface area (Å²) in [5, 5.41) is 2.08. The van der Waals surface area contributed by atoms with Crippen LogP contribution in [0.4, 0.5) is 5.69 Å². The van der Waals surface area contributed by atoms with Gasteiger partial charge in [0.15, 0.2) is 0 Å². The maximum absolute atomic E-state index is 5.67. The number of nitrogens with two attached hydrogens (primary N) is 1. The molecule has 0 amide bonds. The summed E-state index contributed by atoms with van der Waals surface area (Å²) in [6.07, 6.45) is 0. The highest BCUT2D eigenvalue weighted by molar-refractivity contribution is 7.09. The fourth-order valence-electron chi connectivity index (χ4n) is 1.88. The lowest BCUT2D eigenvalue weighted by Crippen LogP contribution is -2.47. The molecule has 2 rings (SSSR count). The van der Waals surface area contributed by atoms with E-state index in [0.29, 0.717) is 12.0 Å². The number of hydrogen-bond donors (Lipinski definition) is 2. The Bertz CT molecular complexity index is 534. The second kappa shape index (κ2) is 7.07. The molecule has 1 aromatic carbocycles. The van der Waals surface area contributed by atoms with Gasteiger partial charge in [0.05, 0.1) is 12.2 Å². The van der Waals surface area contributed by atoms with Crippen LogP contribution >= 0.6 is 11.3 Å².